The molecule has 0 bridgehead atoms. The number of guanidine groups is 1. The number of benzene rings is 1. The summed E-state index contributed by atoms with van der Waals surface area (Å²) in [5.74, 6) is -4.75. The fourth-order valence-electron chi connectivity index (χ4n) is 2.55. The summed E-state index contributed by atoms with van der Waals surface area (Å²) in [7, 11) is 0. The fourth-order valence-corrected chi connectivity index (χ4v) is 2.55. The van der Waals surface area contributed by atoms with E-state index >= 15 is 0 Å². The van der Waals surface area contributed by atoms with Gasteiger partial charge in [0.05, 0.1) is 5.69 Å². The molecule has 1 atom stereocenters. The van der Waals surface area contributed by atoms with E-state index in [2.05, 4.69) is 9.73 Å². The van der Waals surface area contributed by atoms with Gasteiger partial charge in [0.15, 0.2) is 12.0 Å². The molecule has 0 aliphatic carbocycles. The van der Waals surface area contributed by atoms with Crippen LogP contribution in [0.25, 0.3) is 0 Å². The molecular weight excluding hydrogens is 385 g/mol. The molecule has 6 nitrogen and oxygen atoms in total. The van der Waals surface area contributed by atoms with Crippen LogP contribution in [0.15, 0.2) is 29.3 Å². The number of piperidine rings is 1. The number of alkyl halides is 5. The van der Waals surface area contributed by atoms with Gasteiger partial charge in [-0.1, -0.05) is 0 Å². The van der Waals surface area contributed by atoms with Crippen molar-refractivity contribution in [3.63, 3.8) is 0 Å². The maximum Gasteiger partial charge on any atom is 0.573 e. The Kier molecular flexibility index (Phi) is 6.64. The highest BCUT2D eigenvalue weighted by molar-refractivity contribution is 5.93. The molecule has 1 aromatic carbocycles. The van der Waals surface area contributed by atoms with Crippen LogP contribution in [-0.4, -0.2) is 41.6 Å². The van der Waals surface area contributed by atoms with Crippen molar-refractivity contribution in [2.45, 2.75) is 31.2 Å². The maximum atomic E-state index is 14.2. The number of nitrogens with zero attached hydrogens (tertiary/aromatic N) is 2. The predicted molar refractivity (Wildman–Crippen MR) is 88.2 cm³/mol. The summed E-state index contributed by atoms with van der Waals surface area (Å²) in [6.45, 7) is 0.129. The number of rotatable bonds is 3. The van der Waals surface area contributed by atoms with Crippen LogP contribution in [0.5, 0.6) is 5.75 Å². The van der Waals surface area contributed by atoms with Crippen LogP contribution in [0.2, 0.25) is 0 Å². The highest BCUT2D eigenvalue weighted by Gasteiger charge is 2.48. The summed E-state index contributed by atoms with van der Waals surface area (Å²) in [6.07, 6.45) is -5.13. The van der Waals surface area contributed by atoms with Gasteiger partial charge in [0.1, 0.15) is 11.6 Å². The van der Waals surface area contributed by atoms with Crippen molar-refractivity contribution in [2.75, 3.05) is 6.54 Å². The van der Waals surface area contributed by atoms with Crippen molar-refractivity contribution < 1.29 is 26.7 Å². The van der Waals surface area contributed by atoms with Crippen LogP contribution in [0.1, 0.15) is 12.8 Å². The minimum Gasteiger partial charge on any atom is -0.406 e. The molecule has 12 heteroatoms. The number of halogens is 6. The lowest BCUT2D eigenvalue weighted by molar-refractivity contribution is -0.274. The summed E-state index contributed by atoms with van der Waals surface area (Å²) in [5, 5.41) is 7.42. The minimum atomic E-state index is -4.84. The first kappa shape index (κ1) is 21.7. The van der Waals surface area contributed by atoms with Crippen molar-refractivity contribution >= 4 is 29.9 Å². The van der Waals surface area contributed by atoms with E-state index in [1.54, 1.807) is 0 Å². The van der Waals surface area contributed by atoms with E-state index in [0.29, 0.717) is 0 Å². The lowest BCUT2D eigenvalue weighted by Crippen LogP contribution is -2.61. The van der Waals surface area contributed by atoms with E-state index in [9.17, 15) is 22.0 Å². The number of ether oxygens (including phenoxy) is 1. The van der Waals surface area contributed by atoms with Gasteiger partial charge in [-0.15, -0.1) is 25.6 Å². The normalized spacial score (nSPS) is 20.3. The van der Waals surface area contributed by atoms with Crippen molar-refractivity contribution in [3.05, 3.63) is 24.3 Å². The lowest BCUT2D eigenvalue weighted by atomic mass is 9.97. The molecule has 26 heavy (non-hydrogen) atoms. The Morgan fingerprint density at radius 1 is 1.23 bits per heavy atom. The molecule has 0 aromatic heterocycles. The first-order valence-electron chi connectivity index (χ1n) is 7.18. The van der Waals surface area contributed by atoms with Crippen LogP contribution < -0.4 is 16.2 Å². The number of amidine groups is 1. The predicted octanol–water partition coefficient (Wildman–Crippen LogP) is 2.99. The summed E-state index contributed by atoms with van der Waals surface area (Å²) >= 11 is 0. The van der Waals surface area contributed by atoms with Crippen LogP contribution in [0.3, 0.4) is 0 Å². The van der Waals surface area contributed by atoms with E-state index in [-0.39, 0.29) is 31.1 Å². The van der Waals surface area contributed by atoms with Gasteiger partial charge in [0.2, 0.25) is 0 Å². The molecule has 1 saturated heterocycles. The molecule has 0 amide bonds. The van der Waals surface area contributed by atoms with Gasteiger partial charge in [-0.2, -0.15) is 0 Å². The molecule has 1 aliphatic heterocycles. The topological polar surface area (TPSA) is 101 Å². The molecule has 1 heterocycles. The Hall–Kier alpha value is -2.30. The molecule has 146 valence electrons. The van der Waals surface area contributed by atoms with Crippen LogP contribution in [0, 0.1) is 5.41 Å². The molecule has 1 aliphatic rings. The van der Waals surface area contributed by atoms with Gasteiger partial charge in [0.25, 0.3) is 5.92 Å². The zero-order chi connectivity index (χ0) is 18.8. The average molecular weight is 402 g/mol. The molecule has 2 rings (SSSR count). The van der Waals surface area contributed by atoms with Crippen molar-refractivity contribution in [3.8, 4) is 5.75 Å². The van der Waals surface area contributed by atoms with Gasteiger partial charge >= 0.3 is 6.36 Å². The lowest BCUT2D eigenvalue weighted by Gasteiger charge is -2.40. The summed E-state index contributed by atoms with van der Waals surface area (Å²) in [4.78, 5) is 4.78. The third kappa shape index (κ3) is 5.35. The molecule has 0 spiro atoms. The van der Waals surface area contributed by atoms with Gasteiger partial charge in [-0.05, 0) is 30.7 Å². The number of likely N-dealkylation sites (tertiary alicyclic amines) is 1. The van der Waals surface area contributed by atoms with Crippen LogP contribution in [-0.2, 0) is 0 Å². The van der Waals surface area contributed by atoms with Crippen molar-refractivity contribution in [2.24, 2.45) is 16.5 Å². The molecule has 1 aromatic rings. The highest BCUT2D eigenvalue weighted by Crippen LogP contribution is 2.34. The quantitative estimate of drug-likeness (QED) is 0.412. The van der Waals surface area contributed by atoms with Gasteiger partial charge in [-0.25, -0.2) is 13.8 Å². The maximum absolute atomic E-state index is 14.2. The standard InChI is InChI=1S/C14H16F5N5O.ClH/c15-13(16)6-1-7-24(12(21)22)10(13)11(20)23-8-2-4-9(5-3-8)25-14(17,18)19;/h2-5,10H,1,6-7H2,(H2,20,23)(H3,21,22);1H. The Bertz CT molecular complexity index is 665. The van der Waals surface area contributed by atoms with Crippen molar-refractivity contribution in [1.29, 1.82) is 5.41 Å². The second kappa shape index (κ2) is 7.94. The second-order valence-corrected chi connectivity index (χ2v) is 5.42. The Morgan fingerprint density at radius 3 is 2.31 bits per heavy atom. The zero-order valence-corrected chi connectivity index (χ0v) is 14.1. The van der Waals surface area contributed by atoms with E-state index in [1.165, 1.54) is 0 Å². The molecule has 5 N–H and O–H groups in total. The fraction of sp³-hybridized carbons (Fsp3) is 0.429. The largest absolute Gasteiger partial charge is 0.573 e. The van der Waals surface area contributed by atoms with Gasteiger partial charge in [-0.3, -0.25) is 5.41 Å². The molecule has 0 saturated carbocycles. The molecule has 1 unspecified atom stereocenters. The van der Waals surface area contributed by atoms with Gasteiger partial charge in [0, 0.05) is 13.0 Å². The van der Waals surface area contributed by atoms with E-state index in [1.807, 2.05) is 0 Å². The third-order valence-corrected chi connectivity index (χ3v) is 3.54. The summed E-state index contributed by atoms with van der Waals surface area (Å²) in [6, 6.07) is 2.58. The SMILES string of the molecule is Cl.N=C(N)N1CCCC(F)(F)C1C(N)=Nc1ccc(OC(F)(F)F)cc1. The first-order chi connectivity index (χ1) is 11.5. The number of aliphatic imine (C=N–C) groups is 1. The third-order valence-electron chi connectivity index (χ3n) is 3.54. The average Bonchev–Trinajstić information content (AvgIpc) is 2.46. The molecule has 0 radical (unpaired) electrons. The Balaban J connectivity index is 0.00000338. The number of hydrogen-bond donors (Lipinski definition) is 3. The van der Waals surface area contributed by atoms with Crippen molar-refractivity contribution in [1.82, 2.24) is 4.90 Å². The smallest absolute Gasteiger partial charge is 0.406 e. The summed E-state index contributed by atoms with van der Waals surface area (Å²) < 4.78 is 68.4. The van der Waals surface area contributed by atoms with Crippen LogP contribution >= 0.6 is 12.4 Å². The molecule has 1 fully saturated rings. The van der Waals surface area contributed by atoms with E-state index in [4.69, 9.17) is 16.9 Å². The number of hydrogen-bond acceptors (Lipinski definition) is 3. The zero-order valence-electron chi connectivity index (χ0n) is 13.3. The number of nitrogens with two attached hydrogens (primary N) is 2. The Labute approximate surface area is 151 Å². The van der Waals surface area contributed by atoms with Crippen LogP contribution in [0.4, 0.5) is 27.6 Å². The minimum absolute atomic E-state index is 0. The summed E-state index contributed by atoms with van der Waals surface area (Å²) in [5.41, 5.74) is 11.1. The first-order valence-corrected chi connectivity index (χ1v) is 7.18. The van der Waals surface area contributed by atoms with E-state index < -0.39 is 42.3 Å². The van der Waals surface area contributed by atoms with E-state index in [0.717, 1.165) is 29.2 Å². The monoisotopic (exact) mass is 401 g/mol. The Morgan fingerprint density at radius 2 is 1.81 bits per heavy atom. The number of nitrogens with one attached hydrogen (secondary N) is 1. The second-order valence-electron chi connectivity index (χ2n) is 5.42. The highest BCUT2D eigenvalue weighted by atomic mass is 35.5. The molecular formula is C14H17ClF5N5O. The van der Waals surface area contributed by atoms with Gasteiger partial charge < -0.3 is 21.1 Å².